The molecule has 0 unspecified atom stereocenters. The lowest BCUT2D eigenvalue weighted by atomic mass is 9.99. The number of aryl methyl sites for hydroxylation is 1. The van der Waals surface area contributed by atoms with Crippen molar-refractivity contribution >= 4 is 22.7 Å². The van der Waals surface area contributed by atoms with E-state index in [4.69, 9.17) is 15.5 Å². The number of rotatable bonds is 6. The molecule has 1 aliphatic heterocycles. The molecule has 2 aromatic carbocycles. The zero-order valence-electron chi connectivity index (χ0n) is 17.0. The summed E-state index contributed by atoms with van der Waals surface area (Å²) in [5.41, 5.74) is 8.78. The van der Waals surface area contributed by atoms with Crippen molar-refractivity contribution in [1.29, 1.82) is 0 Å². The summed E-state index contributed by atoms with van der Waals surface area (Å²) in [6.07, 6.45) is 2.00. The Balaban J connectivity index is 1.43. The third-order valence-electron chi connectivity index (χ3n) is 5.75. The molecule has 0 aliphatic carbocycles. The van der Waals surface area contributed by atoms with Gasteiger partial charge in [-0.1, -0.05) is 30.3 Å². The lowest BCUT2D eigenvalue weighted by Crippen LogP contribution is -2.28. The number of pyridine rings is 1. The van der Waals surface area contributed by atoms with Crippen molar-refractivity contribution in [3.05, 3.63) is 71.4 Å². The molecule has 1 atom stereocenters. The van der Waals surface area contributed by atoms with E-state index in [1.54, 1.807) is 13.2 Å². The standard InChI is InChI=1S/C24H25N3O3/c1-30-18-9-6-16(7-10-18)8-11-23(28)27-13-12-17(15-27)22-14-20(24(25)29)19-4-2-3-5-21(19)26-22/h2-7,9-10,14,17H,8,11-13,15H2,1H3,(H2,25,29)/t17-/m0/s1. The van der Waals surface area contributed by atoms with Gasteiger partial charge in [-0.25, -0.2) is 0 Å². The van der Waals surface area contributed by atoms with Crippen molar-refractivity contribution in [3.8, 4) is 5.75 Å². The highest BCUT2D eigenvalue weighted by Gasteiger charge is 2.28. The molecule has 1 aromatic heterocycles. The molecule has 6 heteroatoms. The first-order valence-electron chi connectivity index (χ1n) is 10.2. The second-order valence-corrected chi connectivity index (χ2v) is 7.65. The number of carbonyl (C=O) groups excluding carboxylic acids is 2. The second kappa shape index (κ2) is 8.53. The van der Waals surface area contributed by atoms with Gasteiger partial charge >= 0.3 is 0 Å². The van der Waals surface area contributed by atoms with Crippen LogP contribution in [0.1, 0.15) is 40.4 Å². The molecule has 0 saturated carbocycles. The summed E-state index contributed by atoms with van der Waals surface area (Å²) in [6.45, 7) is 1.32. The summed E-state index contributed by atoms with van der Waals surface area (Å²) >= 11 is 0. The van der Waals surface area contributed by atoms with Crippen LogP contribution in [0.3, 0.4) is 0 Å². The minimum Gasteiger partial charge on any atom is -0.497 e. The minimum atomic E-state index is -0.458. The predicted molar refractivity (Wildman–Crippen MR) is 116 cm³/mol. The molecule has 2 heterocycles. The van der Waals surface area contributed by atoms with Crippen LogP contribution in [-0.2, 0) is 11.2 Å². The van der Waals surface area contributed by atoms with Crippen molar-refractivity contribution in [2.45, 2.75) is 25.2 Å². The van der Waals surface area contributed by atoms with Gasteiger partial charge in [0.1, 0.15) is 5.75 Å². The van der Waals surface area contributed by atoms with Crippen LogP contribution in [0.5, 0.6) is 5.75 Å². The molecule has 3 aromatic rings. The number of amides is 2. The average molecular weight is 403 g/mol. The van der Waals surface area contributed by atoms with Crippen molar-refractivity contribution in [3.63, 3.8) is 0 Å². The van der Waals surface area contributed by atoms with Gasteiger partial charge in [0.15, 0.2) is 0 Å². The summed E-state index contributed by atoms with van der Waals surface area (Å²) in [5.74, 6) is 0.604. The quantitative estimate of drug-likeness (QED) is 0.684. The van der Waals surface area contributed by atoms with Crippen LogP contribution in [-0.4, -0.2) is 41.9 Å². The Morgan fingerprint density at radius 1 is 1.17 bits per heavy atom. The first-order valence-corrected chi connectivity index (χ1v) is 10.2. The molecule has 1 fully saturated rings. The molecule has 0 bridgehead atoms. The number of nitrogens with zero attached hydrogens (tertiary/aromatic N) is 2. The van der Waals surface area contributed by atoms with Crippen LogP contribution < -0.4 is 10.5 Å². The van der Waals surface area contributed by atoms with E-state index in [-0.39, 0.29) is 11.8 Å². The van der Waals surface area contributed by atoms with E-state index in [0.717, 1.165) is 34.3 Å². The molecule has 2 N–H and O–H groups in total. The highest BCUT2D eigenvalue weighted by molar-refractivity contribution is 6.05. The van der Waals surface area contributed by atoms with Crippen molar-refractivity contribution < 1.29 is 14.3 Å². The fourth-order valence-electron chi connectivity index (χ4n) is 4.04. The third kappa shape index (κ3) is 4.13. The Hall–Kier alpha value is -3.41. The summed E-state index contributed by atoms with van der Waals surface area (Å²) in [6, 6.07) is 17.1. The van der Waals surface area contributed by atoms with Gasteiger partial charge in [-0.05, 0) is 42.7 Å². The molecular formula is C24H25N3O3. The highest BCUT2D eigenvalue weighted by Crippen LogP contribution is 2.29. The fraction of sp³-hybridized carbons (Fsp3) is 0.292. The smallest absolute Gasteiger partial charge is 0.249 e. The van der Waals surface area contributed by atoms with Crippen LogP contribution in [0.4, 0.5) is 0 Å². The number of primary amides is 1. The summed E-state index contributed by atoms with van der Waals surface area (Å²) < 4.78 is 5.17. The van der Waals surface area contributed by atoms with Crippen LogP contribution in [0.15, 0.2) is 54.6 Å². The monoisotopic (exact) mass is 403 g/mol. The highest BCUT2D eigenvalue weighted by atomic mass is 16.5. The van der Waals surface area contributed by atoms with Crippen molar-refractivity contribution in [2.24, 2.45) is 5.73 Å². The maximum absolute atomic E-state index is 12.7. The van der Waals surface area contributed by atoms with Gasteiger partial charge in [0.05, 0.1) is 18.2 Å². The molecule has 1 saturated heterocycles. The first kappa shape index (κ1) is 19.9. The molecular weight excluding hydrogens is 378 g/mol. The zero-order chi connectivity index (χ0) is 21.1. The number of para-hydroxylation sites is 1. The SMILES string of the molecule is COc1ccc(CCC(=O)N2CC[C@H](c3cc(C(N)=O)c4ccccc4n3)C2)cc1. The molecule has 4 rings (SSSR count). The maximum Gasteiger partial charge on any atom is 0.249 e. The van der Waals surface area contributed by atoms with Crippen LogP contribution in [0.2, 0.25) is 0 Å². The van der Waals surface area contributed by atoms with E-state index in [1.165, 1.54) is 0 Å². The van der Waals surface area contributed by atoms with E-state index >= 15 is 0 Å². The summed E-state index contributed by atoms with van der Waals surface area (Å²) in [7, 11) is 1.64. The van der Waals surface area contributed by atoms with E-state index in [9.17, 15) is 9.59 Å². The number of fused-ring (bicyclic) bond motifs is 1. The van der Waals surface area contributed by atoms with Crippen LogP contribution >= 0.6 is 0 Å². The topological polar surface area (TPSA) is 85.5 Å². The molecule has 30 heavy (non-hydrogen) atoms. The van der Waals surface area contributed by atoms with Gasteiger partial charge in [0.25, 0.3) is 0 Å². The zero-order valence-corrected chi connectivity index (χ0v) is 17.0. The Bertz CT molecular complexity index is 1080. The van der Waals surface area contributed by atoms with Gasteiger partial charge in [-0.2, -0.15) is 0 Å². The van der Waals surface area contributed by atoms with Gasteiger partial charge in [0, 0.05) is 36.5 Å². The molecule has 2 amide bonds. The number of ether oxygens (including phenoxy) is 1. The number of hydrogen-bond acceptors (Lipinski definition) is 4. The number of likely N-dealkylation sites (tertiary alicyclic amines) is 1. The minimum absolute atomic E-state index is 0.109. The third-order valence-corrected chi connectivity index (χ3v) is 5.75. The van der Waals surface area contributed by atoms with Gasteiger partial charge in [-0.15, -0.1) is 0 Å². The molecule has 154 valence electrons. The van der Waals surface area contributed by atoms with E-state index in [2.05, 4.69) is 0 Å². The number of carbonyl (C=O) groups is 2. The maximum atomic E-state index is 12.7. The number of hydrogen-bond donors (Lipinski definition) is 1. The average Bonchev–Trinajstić information content (AvgIpc) is 3.27. The van der Waals surface area contributed by atoms with Crippen LogP contribution in [0, 0.1) is 0 Å². The molecule has 1 aliphatic rings. The van der Waals surface area contributed by atoms with E-state index in [0.29, 0.717) is 31.5 Å². The van der Waals surface area contributed by atoms with Gasteiger partial charge in [0.2, 0.25) is 11.8 Å². The second-order valence-electron chi connectivity index (χ2n) is 7.65. The Kier molecular flexibility index (Phi) is 5.65. The number of nitrogens with two attached hydrogens (primary N) is 1. The Morgan fingerprint density at radius 2 is 1.93 bits per heavy atom. The summed E-state index contributed by atoms with van der Waals surface area (Å²) in [5, 5.41) is 0.763. The Labute approximate surface area is 175 Å². The normalized spacial score (nSPS) is 16.0. The first-order chi connectivity index (χ1) is 14.5. The number of aromatic nitrogens is 1. The molecule has 0 radical (unpaired) electrons. The van der Waals surface area contributed by atoms with Gasteiger partial charge in [-0.3, -0.25) is 14.6 Å². The van der Waals surface area contributed by atoms with Gasteiger partial charge < -0.3 is 15.4 Å². The van der Waals surface area contributed by atoms with E-state index in [1.807, 2.05) is 53.4 Å². The van der Waals surface area contributed by atoms with Crippen LogP contribution in [0.25, 0.3) is 10.9 Å². The predicted octanol–water partition coefficient (Wildman–Crippen LogP) is 3.29. The van der Waals surface area contributed by atoms with Crippen molar-refractivity contribution in [2.75, 3.05) is 20.2 Å². The lowest BCUT2D eigenvalue weighted by molar-refractivity contribution is -0.130. The molecule has 6 nitrogen and oxygen atoms in total. The lowest BCUT2D eigenvalue weighted by Gasteiger charge is -2.17. The molecule has 0 spiro atoms. The number of benzene rings is 2. The van der Waals surface area contributed by atoms with E-state index < -0.39 is 5.91 Å². The van der Waals surface area contributed by atoms with Crippen molar-refractivity contribution in [1.82, 2.24) is 9.88 Å². The number of methoxy groups -OCH3 is 1. The summed E-state index contributed by atoms with van der Waals surface area (Å²) in [4.78, 5) is 31.3. The fourth-order valence-corrected chi connectivity index (χ4v) is 4.04. The Morgan fingerprint density at radius 3 is 2.67 bits per heavy atom. The largest absolute Gasteiger partial charge is 0.497 e.